The molecule has 0 bridgehead atoms. The fraction of sp³-hybridized carbons (Fsp3) is 0.0909. The number of carbonyl (C=O) groups excluding carboxylic acids is 1. The van der Waals surface area contributed by atoms with Crippen LogP contribution in [0.15, 0.2) is 47.2 Å². The van der Waals surface area contributed by atoms with Crippen LogP contribution in [-0.4, -0.2) is 15.7 Å². The van der Waals surface area contributed by atoms with Crippen LogP contribution in [0.4, 0.5) is 0 Å². The second-order valence-electron chi connectivity index (χ2n) is 3.15. The highest BCUT2D eigenvalue weighted by Gasteiger charge is 2.05. The van der Waals surface area contributed by atoms with Crippen molar-refractivity contribution in [3.8, 4) is 0 Å². The van der Waals surface area contributed by atoms with E-state index in [4.69, 9.17) is 0 Å². The zero-order valence-electron chi connectivity index (χ0n) is 7.93. The molecule has 0 aliphatic rings. The number of benzene rings is 1. The van der Waals surface area contributed by atoms with E-state index in [9.17, 15) is 4.79 Å². The third-order valence-electron chi connectivity index (χ3n) is 2.03. The van der Waals surface area contributed by atoms with Crippen molar-refractivity contribution in [2.75, 3.05) is 0 Å². The molecule has 0 unspecified atom stereocenters. The van der Waals surface area contributed by atoms with Gasteiger partial charge in [0.2, 0.25) is 0 Å². The Morgan fingerprint density at radius 2 is 2.07 bits per heavy atom. The molecular formula is C11H9BrN2O. The lowest BCUT2D eigenvalue weighted by atomic mass is 10.1. The van der Waals surface area contributed by atoms with Crippen LogP contribution in [0.1, 0.15) is 10.4 Å². The van der Waals surface area contributed by atoms with E-state index in [1.54, 1.807) is 18.5 Å². The maximum atomic E-state index is 11.6. The Balaban J connectivity index is 2.09. The molecule has 0 atom stereocenters. The van der Waals surface area contributed by atoms with Crippen molar-refractivity contribution in [3.63, 3.8) is 0 Å². The van der Waals surface area contributed by atoms with Gasteiger partial charge in [-0.25, -0.2) is 4.68 Å². The molecule has 0 radical (unpaired) electrons. The van der Waals surface area contributed by atoms with Crippen molar-refractivity contribution in [2.45, 2.75) is 6.42 Å². The molecule has 0 aliphatic carbocycles. The van der Waals surface area contributed by atoms with E-state index >= 15 is 0 Å². The van der Waals surface area contributed by atoms with Crippen LogP contribution in [0, 0.1) is 0 Å². The molecule has 2 rings (SSSR count). The lowest BCUT2D eigenvalue weighted by molar-refractivity contribution is 0.0898. The largest absolute Gasteiger partial charge is 0.272 e. The smallest absolute Gasteiger partial charge is 0.251 e. The van der Waals surface area contributed by atoms with E-state index in [2.05, 4.69) is 21.0 Å². The van der Waals surface area contributed by atoms with Gasteiger partial charge in [0.15, 0.2) is 0 Å². The summed E-state index contributed by atoms with van der Waals surface area (Å²) in [6, 6.07) is 9.42. The quantitative estimate of drug-likeness (QED) is 0.836. The number of nitrogens with zero attached hydrogens (tertiary/aromatic N) is 2. The zero-order valence-corrected chi connectivity index (χ0v) is 9.52. The first-order valence-corrected chi connectivity index (χ1v) is 5.32. The van der Waals surface area contributed by atoms with E-state index in [1.165, 1.54) is 4.68 Å². The molecule has 1 aromatic heterocycles. The highest BCUT2D eigenvalue weighted by Crippen LogP contribution is 2.11. The van der Waals surface area contributed by atoms with E-state index in [-0.39, 0.29) is 5.91 Å². The molecule has 0 saturated heterocycles. The predicted octanol–water partition coefficient (Wildman–Crippen LogP) is 2.53. The fourth-order valence-electron chi connectivity index (χ4n) is 1.27. The van der Waals surface area contributed by atoms with Crippen LogP contribution in [0.2, 0.25) is 0 Å². The first kappa shape index (κ1) is 10.1. The van der Waals surface area contributed by atoms with Crippen LogP contribution in [-0.2, 0) is 6.42 Å². The fourth-order valence-corrected chi connectivity index (χ4v) is 1.54. The van der Waals surface area contributed by atoms with Gasteiger partial charge < -0.3 is 0 Å². The van der Waals surface area contributed by atoms with E-state index in [0.717, 1.165) is 10.0 Å². The Labute approximate surface area is 95.9 Å². The molecule has 1 aromatic carbocycles. The van der Waals surface area contributed by atoms with Gasteiger partial charge in [-0.1, -0.05) is 28.1 Å². The first-order valence-electron chi connectivity index (χ1n) is 4.53. The molecule has 1 heterocycles. The van der Waals surface area contributed by atoms with Gasteiger partial charge in [0, 0.05) is 16.9 Å². The minimum Gasteiger partial charge on any atom is -0.272 e. The van der Waals surface area contributed by atoms with Gasteiger partial charge in [0.1, 0.15) is 0 Å². The summed E-state index contributed by atoms with van der Waals surface area (Å²) in [7, 11) is 0. The van der Waals surface area contributed by atoms with Gasteiger partial charge in [-0.15, -0.1) is 0 Å². The average molecular weight is 265 g/mol. The van der Waals surface area contributed by atoms with Gasteiger partial charge in [0.05, 0.1) is 6.42 Å². The Morgan fingerprint density at radius 1 is 1.33 bits per heavy atom. The highest BCUT2D eigenvalue weighted by atomic mass is 79.9. The standard InChI is InChI=1S/C11H9BrN2O/c12-10-4-2-9(3-5-10)8-11(15)14-7-1-6-13-14/h1-7H,8H2. The third-order valence-corrected chi connectivity index (χ3v) is 2.56. The molecule has 0 spiro atoms. The lowest BCUT2D eigenvalue weighted by Crippen LogP contribution is -2.13. The van der Waals surface area contributed by atoms with Crippen molar-refractivity contribution >= 4 is 21.8 Å². The summed E-state index contributed by atoms with van der Waals surface area (Å²) in [6.45, 7) is 0. The summed E-state index contributed by atoms with van der Waals surface area (Å²) in [4.78, 5) is 11.6. The lowest BCUT2D eigenvalue weighted by Gasteiger charge is -2.00. The SMILES string of the molecule is O=C(Cc1ccc(Br)cc1)n1cccn1. The van der Waals surface area contributed by atoms with Crippen molar-refractivity contribution in [2.24, 2.45) is 0 Å². The topological polar surface area (TPSA) is 34.9 Å². The summed E-state index contributed by atoms with van der Waals surface area (Å²) in [5, 5.41) is 3.89. The molecule has 0 amide bonds. The second kappa shape index (κ2) is 4.40. The minimum absolute atomic E-state index is 0.0256. The van der Waals surface area contributed by atoms with Crippen molar-refractivity contribution < 1.29 is 4.79 Å². The van der Waals surface area contributed by atoms with Crippen molar-refractivity contribution in [1.82, 2.24) is 9.78 Å². The molecule has 0 saturated carbocycles. The van der Waals surface area contributed by atoms with Crippen LogP contribution >= 0.6 is 15.9 Å². The summed E-state index contributed by atoms with van der Waals surface area (Å²) in [6.07, 6.45) is 3.62. The number of carbonyl (C=O) groups is 1. The van der Waals surface area contributed by atoms with Gasteiger partial charge >= 0.3 is 0 Å². The summed E-state index contributed by atoms with van der Waals surface area (Å²) < 4.78 is 2.36. The maximum Gasteiger partial charge on any atom is 0.251 e. The summed E-state index contributed by atoms with van der Waals surface area (Å²) in [5.74, 6) is -0.0256. The normalized spacial score (nSPS) is 10.2. The van der Waals surface area contributed by atoms with E-state index in [1.807, 2.05) is 24.3 Å². The molecule has 15 heavy (non-hydrogen) atoms. The van der Waals surface area contributed by atoms with Crippen molar-refractivity contribution in [3.05, 3.63) is 52.8 Å². The number of hydrogen-bond acceptors (Lipinski definition) is 2. The first-order chi connectivity index (χ1) is 7.25. The van der Waals surface area contributed by atoms with Gasteiger partial charge in [-0.3, -0.25) is 4.79 Å². The average Bonchev–Trinajstić information content (AvgIpc) is 2.74. The van der Waals surface area contributed by atoms with Gasteiger partial charge in [-0.2, -0.15) is 5.10 Å². The predicted molar refractivity (Wildman–Crippen MR) is 60.7 cm³/mol. The van der Waals surface area contributed by atoms with Crippen LogP contribution in [0.25, 0.3) is 0 Å². The molecule has 0 N–H and O–H groups in total. The van der Waals surface area contributed by atoms with Crippen LogP contribution < -0.4 is 0 Å². The summed E-state index contributed by atoms with van der Waals surface area (Å²) in [5.41, 5.74) is 0.985. The molecule has 3 nitrogen and oxygen atoms in total. The number of halogens is 1. The molecule has 0 fully saturated rings. The third kappa shape index (κ3) is 2.53. The second-order valence-corrected chi connectivity index (χ2v) is 4.06. The Hall–Kier alpha value is -1.42. The maximum absolute atomic E-state index is 11.6. The van der Waals surface area contributed by atoms with Crippen molar-refractivity contribution in [1.29, 1.82) is 0 Å². The van der Waals surface area contributed by atoms with E-state index < -0.39 is 0 Å². The van der Waals surface area contributed by atoms with E-state index in [0.29, 0.717) is 6.42 Å². The highest BCUT2D eigenvalue weighted by molar-refractivity contribution is 9.10. The molecule has 4 heteroatoms. The number of hydrogen-bond donors (Lipinski definition) is 0. The monoisotopic (exact) mass is 264 g/mol. The minimum atomic E-state index is -0.0256. The molecule has 0 aliphatic heterocycles. The number of aromatic nitrogens is 2. The molecule has 2 aromatic rings. The Bertz CT molecular complexity index is 448. The molecular weight excluding hydrogens is 256 g/mol. The Morgan fingerprint density at radius 3 is 2.67 bits per heavy atom. The Kier molecular flexibility index (Phi) is 2.97. The molecule has 76 valence electrons. The zero-order chi connectivity index (χ0) is 10.7. The van der Waals surface area contributed by atoms with Crippen LogP contribution in [0.5, 0.6) is 0 Å². The van der Waals surface area contributed by atoms with Crippen LogP contribution in [0.3, 0.4) is 0 Å². The van der Waals surface area contributed by atoms with Gasteiger partial charge in [0.25, 0.3) is 5.91 Å². The summed E-state index contributed by atoms with van der Waals surface area (Å²) >= 11 is 3.35. The number of rotatable bonds is 2. The van der Waals surface area contributed by atoms with Gasteiger partial charge in [-0.05, 0) is 23.8 Å².